The largest absolute Gasteiger partial charge is 0.303 e. The monoisotopic (exact) mass is 215 g/mol. The van der Waals surface area contributed by atoms with Gasteiger partial charge in [-0.3, -0.25) is 0 Å². The van der Waals surface area contributed by atoms with Gasteiger partial charge in [-0.2, -0.15) is 12.6 Å². The van der Waals surface area contributed by atoms with Crippen LogP contribution in [0.1, 0.15) is 46.0 Å². The Bertz CT molecular complexity index is 160. The molecule has 0 aliphatic heterocycles. The van der Waals surface area contributed by atoms with E-state index >= 15 is 0 Å². The number of thiol groups is 1. The fourth-order valence-electron chi connectivity index (χ4n) is 2.37. The second-order valence-corrected chi connectivity index (χ2v) is 5.38. The average molecular weight is 215 g/mol. The fourth-order valence-corrected chi connectivity index (χ4v) is 2.78. The summed E-state index contributed by atoms with van der Waals surface area (Å²) >= 11 is 4.50. The predicted octanol–water partition coefficient (Wildman–Crippen LogP) is 3.21. The van der Waals surface area contributed by atoms with Crippen molar-refractivity contribution in [2.75, 3.05) is 19.3 Å². The van der Waals surface area contributed by atoms with E-state index in [1.54, 1.807) is 0 Å². The molecule has 84 valence electrons. The summed E-state index contributed by atoms with van der Waals surface area (Å²) in [5, 5.41) is 0. The first-order valence-corrected chi connectivity index (χ1v) is 6.58. The van der Waals surface area contributed by atoms with Gasteiger partial charge < -0.3 is 4.90 Å². The quantitative estimate of drug-likeness (QED) is 0.666. The van der Waals surface area contributed by atoms with Crippen molar-refractivity contribution in [3.8, 4) is 0 Å². The van der Waals surface area contributed by atoms with Crippen molar-refractivity contribution in [3.63, 3.8) is 0 Å². The molecule has 14 heavy (non-hydrogen) atoms. The molecule has 0 aromatic carbocycles. The Labute approximate surface area is 94.7 Å². The van der Waals surface area contributed by atoms with Crippen LogP contribution in [-0.4, -0.2) is 30.3 Å². The molecule has 1 atom stereocenters. The zero-order valence-electron chi connectivity index (χ0n) is 9.92. The minimum absolute atomic E-state index is 0.555. The third-order valence-corrected chi connectivity index (χ3v) is 4.46. The zero-order valence-corrected chi connectivity index (χ0v) is 10.8. The van der Waals surface area contributed by atoms with Gasteiger partial charge in [0, 0.05) is 12.6 Å². The number of hydrogen-bond acceptors (Lipinski definition) is 2. The number of hydrogen-bond donors (Lipinski definition) is 1. The number of nitrogens with zero attached hydrogens (tertiary/aromatic N) is 1. The van der Waals surface area contributed by atoms with Crippen LogP contribution in [0.25, 0.3) is 0 Å². The van der Waals surface area contributed by atoms with Crippen molar-refractivity contribution >= 4 is 12.6 Å². The van der Waals surface area contributed by atoms with E-state index in [1.165, 1.54) is 38.6 Å². The summed E-state index contributed by atoms with van der Waals surface area (Å²) in [6, 6.07) is 0.734. The Morgan fingerprint density at radius 3 is 2.43 bits per heavy atom. The van der Waals surface area contributed by atoms with Gasteiger partial charge in [0.2, 0.25) is 0 Å². The Hall–Kier alpha value is 0.310. The van der Waals surface area contributed by atoms with E-state index < -0.39 is 0 Å². The van der Waals surface area contributed by atoms with Crippen LogP contribution in [0.3, 0.4) is 0 Å². The maximum absolute atomic E-state index is 4.50. The standard InChI is InChI=1S/C12H25NS/c1-4-6-11(2)13(3)9-12(10-14)7-5-8-12/h11,14H,4-10H2,1-3H3. The molecule has 0 radical (unpaired) electrons. The lowest BCUT2D eigenvalue weighted by Crippen LogP contribution is -2.45. The van der Waals surface area contributed by atoms with Crippen LogP contribution in [0.2, 0.25) is 0 Å². The fraction of sp³-hybridized carbons (Fsp3) is 1.00. The van der Waals surface area contributed by atoms with Crippen molar-refractivity contribution in [1.29, 1.82) is 0 Å². The Balaban J connectivity index is 2.34. The van der Waals surface area contributed by atoms with Crippen molar-refractivity contribution in [2.24, 2.45) is 5.41 Å². The summed E-state index contributed by atoms with van der Waals surface area (Å²) in [4.78, 5) is 2.53. The van der Waals surface area contributed by atoms with Gasteiger partial charge in [-0.25, -0.2) is 0 Å². The minimum Gasteiger partial charge on any atom is -0.303 e. The first-order chi connectivity index (χ1) is 6.63. The highest BCUT2D eigenvalue weighted by Gasteiger charge is 2.36. The van der Waals surface area contributed by atoms with Gasteiger partial charge in [-0.05, 0) is 44.4 Å². The predicted molar refractivity (Wildman–Crippen MR) is 67.1 cm³/mol. The Kier molecular flexibility index (Phi) is 4.78. The van der Waals surface area contributed by atoms with Crippen LogP contribution in [-0.2, 0) is 0 Å². The lowest BCUT2D eigenvalue weighted by molar-refractivity contribution is 0.0831. The smallest absolute Gasteiger partial charge is 0.00640 e. The highest BCUT2D eigenvalue weighted by atomic mass is 32.1. The SMILES string of the molecule is CCCC(C)N(C)CC1(CS)CCC1. The van der Waals surface area contributed by atoms with Crippen molar-refractivity contribution in [3.05, 3.63) is 0 Å². The lowest BCUT2D eigenvalue weighted by atomic mass is 9.70. The normalized spacial score (nSPS) is 22.1. The molecule has 0 aromatic heterocycles. The molecule has 0 saturated heterocycles. The molecule has 1 unspecified atom stereocenters. The second kappa shape index (κ2) is 5.41. The van der Waals surface area contributed by atoms with Gasteiger partial charge in [0.25, 0.3) is 0 Å². The van der Waals surface area contributed by atoms with Gasteiger partial charge in [0.15, 0.2) is 0 Å². The van der Waals surface area contributed by atoms with Crippen LogP contribution < -0.4 is 0 Å². The van der Waals surface area contributed by atoms with E-state index in [4.69, 9.17) is 0 Å². The highest BCUT2D eigenvalue weighted by Crippen LogP contribution is 2.42. The molecule has 1 aliphatic rings. The molecule has 1 nitrogen and oxygen atoms in total. The van der Waals surface area contributed by atoms with Crippen molar-refractivity contribution in [1.82, 2.24) is 4.90 Å². The molecule has 1 saturated carbocycles. The molecule has 0 bridgehead atoms. The highest BCUT2D eigenvalue weighted by molar-refractivity contribution is 7.80. The first-order valence-electron chi connectivity index (χ1n) is 5.94. The molecule has 1 aliphatic carbocycles. The molecular formula is C12H25NS. The van der Waals surface area contributed by atoms with Crippen LogP contribution in [0.5, 0.6) is 0 Å². The summed E-state index contributed by atoms with van der Waals surface area (Å²) in [5.74, 6) is 1.07. The molecule has 2 heteroatoms. The summed E-state index contributed by atoms with van der Waals surface area (Å²) in [6.07, 6.45) is 6.80. The van der Waals surface area contributed by atoms with Gasteiger partial charge in [-0.15, -0.1) is 0 Å². The van der Waals surface area contributed by atoms with Crippen LogP contribution in [0.15, 0.2) is 0 Å². The van der Waals surface area contributed by atoms with Crippen molar-refractivity contribution < 1.29 is 0 Å². The maximum atomic E-state index is 4.50. The van der Waals surface area contributed by atoms with E-state index in [9.17, 15) is 0 Å². The lowest BCUT2D eigenvalue weighted by Gasteiger charge is -2.44. The third kappa shape index (κ3) is 2.90. The molecule has 0 amide bonds. The van der Waals surface area contributed by atoms with Crippen LogP contribution in [0, 0.1) is 5.41 Å². The molecular weight excluding hydrogens is 190 g/mol. The van der Waals surface area contributed by atoms with Crippen molar-refractivity contribution in [2.45, 2.75) is 52.0 Å². The molecule has 0 spiro atoms. The van der Waals surface area contributed by atoms with E-state index in [0.717, 1.165) is 11.8 Å². The minimum atomic E-state index is 0.555. The maximum Gasteiger partial charge on any atom is 0.00640 e. The average Bonchev–Trinajstić information content (AvgIpc) is 2.11. The van der Waals surface area contributed by atoms with E-state index in [0.29, 0.717) is 5.41 Å². The molecule has 0 aromatic rings. The molecule has 1 fully saturated rings. The number of rotatable bonds is 6. The molecule has 0 N–H and O–H groups in total. The third-order valence-electron chi connectivity index (χ3n) is 3.79. The van der Waals surface area contributed by atoms with E-state index in [2.05, 4.69) is 38.4 Å². The summed E-state index contributed by atoms with van der Waals surface area (Å²) in [5.41, 5.74) is 0.555. The van der Waals surface area contributed by atoms with Crippen LogP contribution >= 0.6 is 12.6 Å². The van der Waals surface area contributed by atoms with E-state index in [-0.39, 0.29) is 0 Å². The Morgan fingerprint density at radius 1 is 1.43 bits per heavy atom. The van der Waals surface area contributed by atoms with Gasteiger partial charge in [0.1, 0.15) is 0 Å². The second-order valence-electron chi connectivity index (χ2n) is 5.06. The van der Waals surface area contributed by atoms with Gasteiger partial charge in [-0.1, -0.05) is 19.8 Å². The summed E-state index contributed by atoms with van der Waals surface area (Å²) in [7, 11) is 2.27. The van der Waals surface area contributed by atoms with Gasteiger partial charge in [0.05, 0.1) is 0 Å². The molecule has 1 rings (SSSR count). The van der Waals surface area contributed by atoms with Crippen LogP contribution in [0.4, 0.5) is 0 Å². The Morgan fingerprint density at radius 2 is 2.07 bits per heavy atom. The first kappa shape index (κ1) is 12.4. The van der Waals surface area contributed by atoms with E-state index in [1.807, 2.05) is 0 Å². The topological polar surface area (TPSA) is 3.24 Å². The summed E-state index contributed by atoms with van der Waals surface area (Å²) < 4.78 is 0. The zero-order chi connectivity index (χ0) is 10.6. The summed E-state index contributed by atoms with van der Waals surface area (Å²) in [6.45, 7) is 5.86. The molecule has 0 heterocycles. The van der Waals surface area contributed by atoms with Gasteiger partial charge >= 0.3 is 0 Å².